The number of nitrogens with one attached hydrogen (secondary N) is 2. The summed E-state index contributed by atoms with van der Waals surface area (Å²) in [5.74, 6) is -0.764. The number of carbonyl (C=O) groups excluding carboxylic acids is 2. The highest BCUT2D eigenvalue weighted by Gasteiger charge is 2.32. The van der Waals surface area contributed by atoms with E-state index in [0.717, 1.165) is 36.6 Å². The second-order valence-corrected chi connectivity index (χ2v) is 12.7. The van der Waals surface area contributed by atoms with Gasteiger partial charge in [-0.2, -0.15) is 0 Å². The van der Waals surface area contributed by atoms with Crippen molar-refractivity contribution in [2.24, 2.45) is 5.92 Å². The molecule has 0 bridgehead atoms. The summed E-state index contributed by atoms with van der Waals surface area (Å²) in [7, 11) is 2.09. The van der Waals surface area contributed by atoms with E-state index in [1.807, 2.05) is 36.4 Å². The van der Waals surface area contributed by atoms with Crippen molar-refractivity contribution in [3.8, 4) is 17.2 Å². The van der Waals surface area contributed by atoms with Crippen LogP contribution in [0.5, 0.6) is 11.5 Å². The minimum atomic E-state index is -0.635. The SMILES string of the molecule is CCOC(=O)C1CCC(Nc2c(F)cc3c(=O)c(C(=O)NCCC4CCCN4C)cn4c3c2Oc2cc3ccccc3cc2-4)CC1. The third kappa shape index (κ3) is 5.48. The maximum Gasteiger partial charge on any atom is 0.308 e. The molecule has 2 aliphatic heterocycles. The summed E-state index contributed by atoms with van der Waals surface area (Å²) >= 11 is 0. The Morgan fingerprint density at radius 3 is 2.54 bits per heavy atom. The van der Waals surface area contributed by atoms with Crippen LogP contribution in [-0.2, 0) is 9.53 Å². The van der Waals surface area contributed by atoms with E-state index in [2.05, 4.69) is 22.6 Å². The van der Waals surface area contributed by atoms with Gasteiger partial charge in [0.05, 0.1) is 23.6 Å². The summed E-state index contributed by atoms with van der Waals surface area (Å²) in [5, 5.41) is 8.27. The largest absolute Gasteiger partial charge is 0.466 e. The van der Waals surface area contributed by atoms with E-state index in [9.17, 15) is 14.4 Å². The number of hydrogen-bond acceptors (Lipinski definition) is 7. The summed E-state index contributed by atoms with van der Waals surface area (Å²) in [5.41, 5.74) is 0.635. The zero-order valence-corrected chi connectivity index (χ0v) is 26.2. The fraction of sp³-hybridized carbons (Fsp3) is 0.417. The molecule has 3 aliphatic rings. The molecule has 0 spiro atoms. The highest BCUT2D eigenvalue weighted by atomic mass is 19.1. The molecular formula is C36H39FN4O5. The molecule has 3 aromatic carbocycles. The Morgan fingerprint density at radius 1 is 1.07 bits per heavy atom. The average Bonchev–Trinajstić information content (AvgIpc) is 3.47. The van der Waals surface area contributed by atoms with Gasteiger partial charge >= 0.3 is 5.97 Å². The Bertz CT molecular complexity index is 1900. The quantitative estimate of drug-likeness (QED) is 0.200. The van der Waals surface area contributed by atoms with Crippen LogP contribution in [0.25, 0.3) is 27.4 Å². The van der Waals surface area contributed by atoms with Gasteiger partial charge in [-0.05, 0) is 94.4 Å². The second-order valence-electron chi connectivity index (χ2n) is 12.7. The van der Waals surface area contributed by atoms with E-state index < -0.39 is 17.2 Å². The molecule has 1 aromatic heterocycles. The first-order valence-corrected chi connectivity index (χ1v) is 16.4. The normalized spacial score (nSPS) is 20.7. The highest BCUT2D eigenvalue weighted by Crippen LogP contribution is 2.47. The van der Waals surface area contributed by atoms with Crippen molar-refractivity contribution < 1.29 is 23.5 Å². The molecule has 1 saturated heterocycles. The molecule has 4 aromatic rings. The van der Waals surface area contributed by atoms with Crippen LogP contribution in [0.1, 0.15) is 62.2 Å². The van der Waals surface area contributed by atoms with Gasteiger partial charge in [-0.25, -0.2) is 4.39 Å². The third-order valence-electron chi connectivity index (χ3n) is 9.87. The smallest absolute Gasteiger partial charge is 0.308 e. The van der Waals surface area contributed by atoms with E-state index in [1.165, 1.54) is 6.07 Å². The van der Waals surface area contributed by atoms with Gasteiger partial charge in [0.25, 0.3) is 5.91 Å². The van der Waals surface area contributed by atoms with Crippen molar-refractivity contribution in [3.05, 3.63) is 70.3 Å². The summed E-state index contributed by atoms with van der Waals surface area (Å²) < 4.78 is 29.5. The summed E-state index contributed by atoms with van der Waals surface area (Å²) in [6, 6.07) is 13.2. The Morgan fingerprint density at radius 2 is 1.83 bits per heavy atom. The van der Waals surface area contributed by atoms with Crippen LogP contribution in [-0.4, -0.2) is 60.2 Å². The van der Waals surface area contributed by atoms with Gasteiger partial charge < -0.3 is 29.6 Å². The number of aromatic nitrogens is 1. The summed E-state index contributed by atoms with van der Waals surface area (Å²) in [6.45, 7) is 3.63. The molecule has 1 atom stereocenters. The predicted molar refractivity (Wildman–Crippen MR) is 176 cm³/mol. The van der Waals surface area contributed by atoms with Crippen molar-refractivity contribution in [2.75, 3.05) is 32.1 Å². The number of pyridine rings is 1. The van der Waals surface area contributed by atoms with Gasteiger partial charge in [-0.15, -0.1) is 0 Å². The third-order valence-corrected chi connectivity index (χ3v) is 9.87. The number of carbonyl (C=O) groups is 2. The first-order chi connectivity index (χ1) is 22.3. The Labute approximate surface area is 266 Å². The van der Waals surface area contributed by atoms with Crippen LogP contribution in [0.4, 0.5) is 10.1 Å². The zero-order chi connectivity index (χ0) is 31.9. The highest BCUT2D eigenvalue weighted by molar-refractivity contribution is 6.02. The van der Waals surface area contributed by atoms with Gasteiger partial charge in [-0.3, -0.25) is 14.4 Å². The number of nitrogens with zero attached hydrogens (tertiary/aromatic N) is 2. The lowest BCUT2D eigenvalue weighted by Crippen LogP contribution is -2.34. The molecule has 240 valence electrons. The first kappa shape index (κ1) is 30.2. The van der Waals surface area contributed by atoms with Crippen molar-refractivity contribution in [2.45, 2.75) is 64.0 Å². The maximum absolute atomic E-state index is 16.1. The molecule has 1 unspecified atom stereocenters. The zero-order valence-electron chi connectivity index (χ0n) is 26.2. The fourth-order valence-corrected chi connectivity index (χ4v) is 7.33. The number of fused-ring (bicyclic) bond motifs is 3. The molecule has 1 aliphatic carbocycles. The molecule has 7 rings (SSSR count). The van der Waals surface area contributed by atoms with Gasteiger partial charge in [0.2, 0.25) is 5.43 Å². The van der Waals surface area contributed by atoms with Crippen LogP contribution in [0.2, 0.25) is 0 Å². The monoisotopic (exact) mass is 626 g/mol. The van der Waals surface area contributed by atoms with Gasteiger partial charge in [0, 0.05) is 24.8 Å². The van der Waals surface area contributed by atoms with Crippen molar-refractivity contribution >= 4 is 39.2 Å². The summed E-state index contributed by atoms with van der Waals surface area (Å²) in [6.07, 6.45) is 7.17. The number of anilines is 1. The average molecular weight is 627 g/mol. The number of amides is 1. The van der Waals surface area contributed by atoms with Crippen molar-refractivity contribution in [1.82, 2.24) is 14.8 Å². The van der Waals surface area contributed by atoms with E-state index >= 15 is 4.39 Å². The van der Waals surface area contributed by atoms with Gasteiger partial charge in [-0.1, -0.05) is 24.3 Å². The predicted octanol–water partition coefficient (Wildman–Crippen LogP) is 6.14. The molecule has 46 heavy (non-hydrogen) atoms. The van der Waals surface area contributed by atoms with Crippen LogP contribution in [0.15, 0.2) is 53.5 Å². The number of hydrogen-bond donors (Lipinski definition) is 2. The minimum Gasteiger partial charge on any atom is -0.466 e. The number of ether oxygens (including phenoxy) is 2. The standard InChI is InChI=1S/C36H39FN4O5/c1-3-45-36(44)21-10-12-24(13-11-21)39-31-28(37)19-26-32-34(31)46-30-18-23-8-5-4-7-22(23)17-29(30)41(32)20-27(33(26)42)35(43)38-15-14-25-9-6-16-40(25)2/h4-5,7-8,17-21,24-25,39H,3,6,9-16H2,1-2H3,(H,38,43). The molecule has 2 fully saturated rings. The van der Waals surface area contributed by atoms with Crippen LogP contribution >= 0.6 is 0 Å². The van der Waals surface area contributed by atoms with Crippen LogP contribution in [0.3, 0.4) is 0 Å². The number of likely N-dealkylation sites (tertiary alicyclic amines) is 1. The van der Waals surface area contributed by atoms with Gasteiger partial charge in [0.15, 0.2) is 17.3 Å². The van der Waals surface area contributed by atoms with Crippen molar-refractivity contribution in [3.63, 3.8) is 0 Å². The number of benzene rings is 3. The molecule has 2 N–H and O–H groups in total. The fourth-order valence-electron chi connectivity index (χ4n) is 7.33. The molecule has 0 radical (unpaired) electrons. The topological polar surface area (TPSA) is 102 Å². The lowest BCUT2D eigenvalue weighted by molar-refractivity contribution is -0.149. The van der Waals surface area contributed by atoms with E-state index in [1.54, 1.807) is 17.7 Å². The molecule has 10 heteroatoms. The number of esters is 1. The number of rotatable bonds is 8. The molecule has 9 nitrogen and oxygen atoms in total. The maximum atomic E-state index is 16.1. The molecule has 1 amide bonds. The van der Waals surface area contributed by atoms with Crippen molar-refractivity contribution in [1.29, 1.82) is 0 Å². The van der Waals surface area contributed by atoms with Crippen LogP contribution in [0, 0.1) is 11.7 Å². The van der Waals surface area contributed by atoms with E-state index in [4.69, 9.17) is 9.47 Å². The molecule has 1 saturated carbocycles. The number of halogens is 1. The lowest BCUT2D eigenvalue weighted by Gasteiger charge is -2.31. The first-order valence-electron chi connectivity index (χ1n) is 16.4. The second kappa shape index (κ2) is 12.4. The van der Waals surface area contributed by atoms with Gasteiger partial charge in [0.1, 0.15) is 16.8 Å². The van der Waals surface area contributed by atoms with Crippen LogP contribution < -0.4 is 20.8 Å². The van der Waals surface area contributed by atoms with E-state index in [0.29, 0.717) is 61.8 Å². The Balaban J connectivity index is 1.27. The minimum absolute atomic E-state index is 0.0448. The summed E-state index contributed by atoms with van der Waals surface area (Å²) in [4.78, 5) is 41.9. The molecular weight excluding hydrogens is 587 g/mol. The Kier molecular flexibility index (Phi) is 8.15. The Hall–Kier alpha value is -4.44. The van der Waals surface area contributed by atoms with E-state index in [-0.39, 0.29) is 40.3 Å². The lowest BCUT2D eigenvalue weighted by atomic mass is 9.86. The molecule has 3 heterocycles.